The molecule has 2 heteroatoms. The molecular weight excluding hydrogens is 138 g/mol. The third kappa shape index (κ3) is 1.15. The smallest absolute Gasteiger partial charge is 0.223 e. The third-order valence-corrected chi connectivity index (χ3v) is 3.54. The third-order valence-electron chi connectivity index (χ3n) is 3.54. The zero-order chi connectivity index (χ0) is 8.65. The Morgan fingerprint density at radius 2 is 2.09 bits per heavy atom. The summed E-state index contributed by atoms with van der Waals surface area (Å²) in [6.07, 6.45) is 2.10. The van der Waals surface area contributed by atoms with Crippen LogP contribution in [0.5, 0.6) is 0 Å². The van der Waals surface area contributed by atoms with Crippen molar-refractivity contribution < 1.29 is 4.79 Å². The number of amides is 1. The van der Waals surface area contributed by atoms with Gasteiger partial charge >= 0.3 is 0 Å². The Kier molecular flexibility index (Phi) is 1.95. The van der Waals surface area contributed by atoms with E-state index in [1.54, 1.807) is 0 Å². The van der Waals surface area contributed by atoms with Gasteiger partial charge in [0.1, 0.15) is 0 Å². The van der Waals surface area contributed by atoms with E-state index in [0.29, 0.717) is 11.8 Å². The monoisotopic (exact) mass is 155 g/mol. The Morgan fingerprint density at radius 3 is 2.27 bits per heavy atom. The fourth-order valence-corrected chi connectivity index (χ4v) is 1.98. The van der Waals surface area contributed by atoms with Crippen molar-refractivity contribution in [1.82, 2.24) is 0 Å². The molecule has 3 atom stereocenters. The number of hydrogen-bond donors (Lipinski definition) is 1. The van der Waals surface area contributed by atoms with Gasteiger partial charge in [-0.25, -0.2) is 0 Å². The molecule has 0 bridgehead atoms. The zero-order valence-electron chi connectivity index (χ0n) is 7.55. The summed E-state index contributed by atoms with van der Waals surface area (Å²) in [4.78, 5) is 11.1. The van der Waals surface area contributed by atoms with E-state index in [1.165, 1.54) is 0 Å². The molecule has 64 valence electrons. The first-order chi connectivity index (χ1) is 4.98. The molecule has 0 spiro atoms. The van der Waals surface area contributed by atoms with Crippen LogP contribution in [0.25, 0.3) is 0 Å². The second-order valence-corrected chi connectivity index (χ2v) is 4.09. The molecule has 0 heterocycles. The van der Waals surface area contributed by atoms with Gasteiger partial charge in [-0.15, -0.1) is 0 Å². The van der Waals surface area contributed by atoms with Crippen LogP contribution in [0.3, 0.4) is 0 Å². The number of carbonyl (C=O) groups excluding carboxylic acids is 1. The van der Waals surface area contributed by atoms with Gasteiger partial charge in [0, 0.05) is 5.41 Å². The number of rotatable bonds is 1. The van der Waals surface area contributed by atoms with E-state index in [4.69, 9.17) is 5.73 Å². The van der Waals surface area contributed by atoms with Gasteiger partial charge in [0.25, 0.3) is 0 Å². The predicted molar refractivity (Wildman–Crippen MR) is 44.9 cm³/mol. The molecule has 0 saturated heterocycles. The average Bonchev–Trinajstić information content (AvgIpc) is 2.18. The Hall–Kier alpha value is -0.530. The highest BCUT2D eigenvalue weighted by Crippen LogP contribution is 2.45. The van der Waals surface area contributed by atoms with Gasteiger partial charge in [-0.2, -0.15) is 0 Å². The fraction of sp³-hybridized carbons (Fsp3) is 0.889. The van der Waals surface area contributed by atoms with E-state index in [9.17, 15) is 4.79 Å². The summed E-state index contributed by atoms with van der Waals surface area (Å²) < 4.78 is 0. The van der Waals surface area contributed by atoms with Crippen LogP contribution >= 0.6 is 0 Å². The summed E-state index contributed by atoms with van der Waals surface area (Å²) in [5, 5.41) is 0. The maximum absolute atomic E-state index is 11.1. The minimum atomic E-state index is -0.237. The van der Waals surface area contributed by atoms with Gasteiger partial charge in [-0.05, 0) is 24.7 Å². The van der Waals surface area contributed by atoms with Crippen molar-refractivity contribution in [2.75, 3.05) is 0 Å². The Balaban J connectivity index is 2.81. The van der Waals surface area contributed by atoms with Crippen molar-refractivity contribution >= 4 is 5.91 Å². The molecule has 0 aromatic carbocycles. The average molecular weight is 155 g/mol. The molecule has 1 aliphatic rings. The first kappa shape index (κ1) is 8.57. The van der Waals surface area contributed by atoms with Gasteiger partial charge in [-0.3, -0.25) is 4.79 Å². The molecule has 1 saturated carbocycles. The van der Waals surface area contributed by atoms with Gasteiger partial charge in [0.15, 0.2) is 0 Å². The standard InChI is InChI=1S/C9H17NO/c1-6-4-5-9(3,7(6)2)8(10)11/h6-7H,4-5H2,1-3H3,(H2,10,11). The predicted octanol–water partition coefficient (Wildman–Crippen LogP) is 1.54. The van der Waals surface area contributed by atoms with E-state index >= 15 is 0 Å². The molecule has 2 nitrogen and oxygen atoms in total. The van der Waals surface area contributed by atoms with Crippen LogP contribution in [-0.2, 0) is 4.79 Å². The first-order valence-corrected chi connectivity index (χ1v) is 4.28. The molecule has 11 heavy (non-hydrogen) atoms. The second kappa shape index (κ2) is 2.50. The topological polar surface area (TPSA) is 43.1 Å². The molecule has 0 aliphatic heterocycles. The summed E-state index contributed by atoms with van der Waals surface area (Å²) in [5.74, 6) is 0.960. The Bertz CT molecular complexity index is 178. The normalized spacial score (nSPS) is 44.3. The quantitative estimate of drug-likeness (QED) is 0.613. The van der Waals surface area contributed by atoms with Crippen LogP contribution in [0.1, 0.15) is 33.6 Å². The summed E-state index contributed by atoms with van der Waals surface area (Å²) >= 11 is 0. The first-order valence-electron chi connectivity index (χ1n) is 4.28. The van der Waals surface area contributed by atoms with Crippen molar-refractivity contribution in [3.05, 3.63) is 0 Å². The lowest BCUT2D eigenvalue weighted by molar-refractivity contribution is -0.128. The highest BCUT2D eigenvalue weighted by molar-refractivity contribution is 5.81. The number of hydrogen-bond acceptors (Lipinski definition) is 1. The van der Waals surface area contributed by atoms with Gasteiger partial charge < -0.3 is 5.73 Å². The van der Waals surface area contributed by atoms with Crippen LogP contribution in [0.15, 0.2) is 0 Å². The Morgan fingerprint density at radius 1 is 1.55 bits per heavy atom. The van der Waals surface area contributed by atoms with E-state index in [1.807, 2.05) is 6.92 Å². The van der Waals surface area contributed by atoms with Crippen molar-refractivity contribution in [1.29, 1.82) is 0 Å². The lowest BCUT2D eigenvalue weighted by atomic mass is 9.78. The molecule has 1 fully saturated rings. The molecule has 1 aliphatic carbocycles. The second-order valence-electron chi connectivity index (χ2n) is 4.09. The van der Waals surface area contributed by atoms with Crippen molar-refractivity contribution in [2.24, 2.45) is 23.0 Å². The zero-order valence-corrected chi connectivity index (χ0v) is 7.55. The lowest BCUT2D eigenvalue weighted by Gasteiger charge is -2.26. The number of carbonyl (C=O) groups is 1. The van der Waals surface area contributed by atoms with Gasteiger partial charge in [-0.1, -0.05) is 20.8 Å². The minimum absolute atomic E-state index is 0.130. The van der Waals surface area contributed by atoms with Crippen LogP contribution in [0.4, 0.5) is 0 Å². The van der Waals surface area contributed by atoms with E-state index in [-0.39, 0.29) is 11.3 Å². The number of primary amides is 1. The summed E-state index contributed by atoms with van der Waals surface area (Å²) in [7, 11) is 0. The van der Waals surface area contributed by atoms with Gasteiger partial charge in [0.05, 0.1) is 0 Å². The summed E-state index contributed by atoms with van der Waals surface area (Å²) in [6, 6.07) is 0. The van der Waals surface area contributed by atoms with Crippen molar-refractivity contribution in [2.45, 2.75) is 33.6 Å². The molecule has 0 radical (unpaired) electrons. The lowest BCUT2D eigenvalue weighted by Crippen LogP contribution is -2.37. The molecule has 3 unspecified atom stereocenters. The summed E-state index contributed by atoms with van der Waals surface area (Å²) in [6.45, 7) is 6.31. The Labute approximate surface area is 68.2 Å². The highest BCUT2D eigenvalue weighted by atomic mass is 16.1. The minimum Gasteiger partial charge on any atom is -0.369 e. The SMILES string of the molecule is CC1CCC(C)(C(N)=O)C1C. The molecule has 2 N–H and O–H groups in total. The van der Waals surface area contributed by atoms with Gasteiger partial charge in [0.2, 0.25) is 5.91 Å². The molecule has 1 rings (SSSR count). The van der Waals surface area contributed by atoms with Crippen LogP contribution in [0.2, 0.25) is 0 Å². The van der Waals surface area contributed by atoms with E-state index in [2.05, 4.69) is 13.8 Å². The van der Waals surface area contributed by atoms with Crippen LogP contribution < -0.4 is 5.73 Å². The van der Waals surface area contributed by atoms with E-state index < -0.39 is 0 Å². The fourth-order valence-electron chi connectivity index (χ4n) is 1.98. The molecule has 1 amide bonds. The molecule has 0 aromatic rings. The molecule has 0 aromatic heterocycles. The van der Waals surface area contributed by atoms with Crippen LogP contribution in [-0.4, -0.2) is 5.91 Å². The number of nitrogens with two attached hydrogens (primary N) is 1. The highest BCUT2D eigenvalue weighted by Gasteiger charge is 2.44. The van der Waals surface area contributed by atoms with Crippen molar-refractivity contribution in [3.8, 4) is 0 Å². The largest absolute Gasteiger partial charge is 0.369 e. The maximum atomic E-state index is 11.1. The van der Waals surface area contributed by atoms with Crippen LogP contribution in [0, 0.1) is 17.3 Å². The van der Waals surface area contributed by atoms with E-state index in [0.717, 1.165) is 12.8 Å². The van der Waals surface area contributed by atoms with Crippen molar-refractivity contribution in [3.63, 3.8) is 0 Å². The summed E-state index contributed by atoms with van der Waals surface area (Å²) in [5.41, 5.74) is 5.11. The molecular formula is C9H17NO. The maximum Gasteiger partial charge on any atom is 0.223 e.